The van der Waals surface area contributed by atoms with Crippen LogP contribution in [0.5, 0.6) is 17.2 Å². The number of nitrogens with one attached hydrogen (secondary N) is 1. The Balaban J connectivity index is 1.42. The van der Waals surface area contributed by atoms with Crippen LogP contribution in [0.25, 0.3) is 11.3 Å². The Morgan fingerprint density at radius 3 is 2.45 bits per heavy atom. The lowest BCUT2D eigenvalue weighted by Gasteiger charge is -2.14. The molecule has 0 bridgehead atoms. The number of hydrazone groups is 1. The topological polar surface area (TPSA) is 65.0 Å². The summed E-state index contributed by atoms with van der Waals surface area (Å²) in [4.78, 5) is 4.58. The zero-order chi connectivity index (χ0) is 22.9. The van der Waals surface area contributed by atoms with Gasteiger partial charge in [-0.15, -0.1) is 11.3 Å². The standard InChI is InChI=1S/C26H25N3O3S/c1-3-31-24-11-7-8-12-25(24)32-17-21-15-19(13-14-23(21)30-2)16-27-29-26-28-22(18-33-26)20-9-5-4-6-10-20/h4-16,18H,3,17H2,1-2H3,(H,28,29). The first-order valence-electron chi connectivity index (χ1n) is 10.6. The Bertz CT molecular complexity index is 1210. The molecule has 1 N–H and O–H groups in total. The van der Waals surface area contributed by atoms with Gasteiger partial charge in [0.2, 0.25) is 5.13 Å². The van der Waals surface area contributed by atoms with E-state index >= 15 is 0 Å². The molecule has 0 fully saturated rings. The molecule has 0 aliphatic heterocycles. The van der Waals surface area contributed by atoms with Crippen molar-refractivity contribution in [3.05, 3.63) is 89.3 Å². The Morgan fingerprint density at radius 2 is 1.70 bits per heavy atom. The summed E-state index contributed by atoms with van der Waals surface area (Å²) in [6.07, 6.45) is 1.75. The molecule has 3 aromatic carbocycles. The van der Waals surface area contributed by atoms with Gasteiger partial charge in [-0.05, 0) is 42.8 Å². The molecular weight excluding hydrogens is 434 g/mol. The van der Waals surface area contributed by atoms with E-state index in [4.69, 9.17) is 14.2 Å². The lowest BCUT2D eigenvalue weighted by Crippen LogP contribution is -2.02. The first-order chi connectivity index (χ1) is 16.3. The highest BCUT2D eigenvalue weighted by Gasteiger charge is 2.09. The Hall–Kier alpha value is -3.84. The monoisotopic (exact) mass is 459 g/mol. The summed E-state index contributed by atoms with van der Waals surface area (Å²) in [7, 11) is 1.65. The third-order valence-corrected chi connectivity index (χ3v) is 5.53. The summed E-state index contributed by atoms with van der Waals surface area (Å²) in [5.74, 6) is 2.17. The highest BCUT2D eigenvalue weighted by atomic mass is 32.1. The average Bonchev–Trinajstić information content (AvgIpc) is 3.33. The van der Waals surface area contributed by atoms with Crippen LogP contribution in [0.2, 0.25) is 0 Å². The highest BCUT2D eigenvalue weighted by Crippen LogP contribution is 2.29. The SMILES string of the molecule is CCOc1ccccc1OCc1cc(C=NNc2nc(-c3ccccc3)cs2)ccc1OC. The van der Waals surface area contributed by atoms with Crippen molar-refractivity contribution in [3.8, 4) is 28.5 Å². The van der Waals surface area contributed by atoms with E-state index in [0.717, 1.165) is 39.0 Å². The van der Waals surface area contributed by atoms with Crippen molar-refractivity contribution in [3.63, 3.8) is 0 Å². The summed E-state index contributed by atoms with van der Waals surface area (Å²) in [6, 6.07) is 23.5. The minimum Gasteiger partial charge on any atom is -0.496 e. The number of para-hydroxylation sites is 2. The molecule has 0 unspecified atom stereocenters. The molecular formula is C26H25N3O3S. The molecule has 33 heavy (non-hydrogen) atoms. The number of thiazole rings is 1. The zero-order valence-corrected chi connectivity index (χ0v) is 19.3. The van der Waals surface area contributed by atoms with E-state index in [0.29, 0.717) is 19.0 Å². The number of ether oxygens (including phenoxy) is 3. The second kappa shape index (κ2) is 11.2. The van der Waals surface area contributed by atoms with Crippen LogP contribution in [0.1, 0.15) is 18.1 Å². The van der Waals surface area contributed by atoms with Crippen LogP contribution in [0.15, 0.2) is 83.3 Å². The van der Waals surface area contributed by atoms with E-state index in [1.807, 2.05) is 85.1 Å². The Morgan fingerprint density at radius 1 is 0.939 bits per heavy atom. The van der Waals surface area contributed by atoms with Gasteiger partial charge in [-0.3, -0.25) is 5.43 Å². The predicted molar refractivity (Wildman–Crippen MR) is 134 cm³/mol. The molecule has 1 aromatic heterocycles. The highest BCUT2D eigenvalue weighted by molar-refractivity contribution is 7.14. The molecule has 0 amide bonds. The van der Waals surface area contributed by atoms with Gasteiger partial charge in [-0.2, -0.15) is 5.10 Å². The average molecular weight is 460 g/mol. The number of methoxy groups -OCH3 is 1. The van der Waals surface area contributed by atoms with Crippen molar-refractivity contribution in [2.45, 2.75) is 13.5 Å². The summed E-state index contributed by atoms with van der Waals surface area (Å²) < 4.78 is 17.2. The van der Waals surface area contributed by atoms with E-state index in [9.17, 15) is 0 Å². The fraction of sp³-hybridized carbons (Fsp3) is 0.154. The van der Waals surface area contributed by atoms with Gasteiger partial charge in [0.05, 0.1) is 25.6 Å². The summed E-state index contributed by atoms with van der Waals surface area (Å²) in [6.45, 7) is 2.87. The molecule has 168 valence electrons. The van der Waals surface area contributed by atoms with Crippen LogP contribution in [-0.2, 0) is 6.61 Å². The third-order valence-electron chi connectivity index (χ3n) is 4.78. The van der Waals surface area contributed by atoms with Crippen molar-refractivity contribution in [2.24, 2.45) is 5.10 Å². The van der Waals surface area contributed by atoms with E-state index < -0.39 is 0 Å². The number of hydrogen-bond acceptors (Lipinski definition) is 7. The fourth-order valence-electron chi connectivity index (χ4n) is 3.22. The van der Waals surface area contributed by atoms with Gasteiger partial charge in [-0.1, -0.05) is 42.5 Å². The van der Waals surface area contributed by atoms with Gasteiger partial charge in [0, 0.05) is 16.5 Å². The molecule has 0 saturated heterocycles. The molecule has 1 heterocycles. The quantitative estimate of drug-likeness (QED) is 0.225. The molecule has 4 rings (SSSR count). The van der Waals surface area contributed by atoms with E-state index in [-0.39, 0.29) is 0 Å². The van der Waals surface area contributed by atoms with Crippen molar-refractivity contribution >= 4 is 22.7 Å². The maximum Gasteiger partial charge on any atom is 0.203 e. The van der Waals surface area contributed by atoms with Gasteiger partial charge < -0.3 is 14.2 Å². The summed E-state index contributed by atoms with van der Waals surface area (Å²) in [5.41, 5.74) is 6.84. The van der Waals surface area contributed by atoms with Crippen LogP contribution < -0.4 is 19.6 Å². The van der Waals surface area contributed by atoms with Crippen LogP contribution in [-0.4, -0.2) is 24.9 Å². The lowest BCUT2D eigenvalue weighted by atomic mass is 10.1. The first kappa shape index (κ1) is 22.4. The van der Waals surface area contributed by atoms with E-state index in [1.165, 1.54) is 11.3 Å². The lowest BCUT2D eigenvalue weighted by molar-refractivity contribution is 0.265. The third kappa shape index (κ3) is 5.90. The molecule has 0 atom stereocenters. The second-order valence-corrected chi connectivity index (χ2v) is 7.87. The maximum atomic E-state index is 6.02. The smallest absolute Gasteiger partial charge is 0.203 e. The zero-order valence-electron chi connectivity index (χ0n) is 18.5. The van der Waals surface area contributed by atoms with Gasteiger partial charge >= 0.3 is 0 Å². The normalized spacial score (nSPS) is 10.8. The number of nitrogens with zero attached hydrogens (tertiary/aromatic N) is 2. The Kier molecular flexibility index (Phi) is 7.56. The number of rotatable bonds is 10. The van der Waals surface area contributed by atoms with Crippen LogP contribution in [0.4, 0.5) is 5.13 Å². The van der Waals surface area contributed by atoms with Crippen molar-refractivity contribution in [2.75, 3.05) is 19.1 Å². The molecule has 0 saturated carbocycles. The molecule has 0 aliphatic carbocycles. The van der Waals surface area contributed by atoms with Gasteiger partial charge in [0.1, 0.15) is 12.4 Å². The molecule has 0 radical (unpaired) electrons. The summed E-state index contributed by atoms with van der Waals surface area (Å²) >= 11 is 1.51. The molecule has 0 aliphatic rings. The first-order valence-corrected chi connectivity index (χ1v) is 11.5. The van der Waals surface area contributed by atoms with Gasteiger partial charge in [0.15, 0.2) is 11.5 Å². The van der Waals surface area contributed by atoms with E-state index in [1.54, 1.807) is 13.3 Å². The van der Waals surface area contributed by atoms with Gasteiger partial charge in [-0.25, -0.2) is 4.98 Å². The number of anilines is 1. The predicted octanol–water partition coefficient (Wildman–Crippen LogP) is 6.24. The van der Waals surface area contributed by atoms with Crippen molar-refractivity contribution < 1.29 is 14.2 Å². The van der Waals surface area contributed by atoms with Crippen LogP contribution in [0.3, 0.4) is 0 Å². The second-order valence-electron chi connectivity index (χ2n) is 7.01. The molecule has 0 spiro atoms. The van der Waals surface area contributed by atoms with Gasteiger partial charge in [0.25, 0.3) is 0 Å². The number of hydrogen-bond donors (Lipinski definition) is 1. The van der Waals surface area contributed by atoms with Crippen molar-refractivity contribution in [1.82, 2.24) is 4.98 Å². The minimum atomic E-state index is 0.343. The van der Waals surface area contributed by atoms with E-state index in [2.05, 4.69) is 15.5 Å². The maximum absolute atomic E-state index is 6.02. The molecule has 4 aromatic rings. The summed E-state index contributed by atoms with van der Waals surface area (Å²) in [5, 5.41) is 7.08. The molecule has 6 nitrogen and oxygen atoms in total. The fourth-order valence-corrected chi connectivity index (χ4v) is 3.89. The Labute approximate surface area is 197 Å². The largest absolute Gasteiger partial charge is 0.496 e. The van der Waals surface area contributed by atoms with Crippen LogP contribution >= 0.6 is 11.3 Å². The molecule has 7 heteroatoms. The minimum absolute atomic E-state index is 0.343. The van der Waals surface area contributed by atoms with Crippen LogP contribution in [0, 0.1) is 0 Å². The van der Waals surface area contributed by atoms with Crippen molar-refractivity contribution in [1.29, 1.82) is 0 Å². The number of aromatic nitrogens is 1. The number of benzene rings is 3.